The summed E-state index contributed by atoms with van der Waals surface area (Å²) >= 11 is 0. The van der Waals surface area contributed by atoms with E-state index in [-0.39, 0.29) is 24.9 Å². The summed E-state index contributed by atoms with van der Waals surface area (Å²) in [5, 5.41) is 2.38. The van der Waals surface area contributed by atoms with Gasteiger partial charge in [0.25, 0.3) is 11.8 Å². The lowest BCUT2D eigenvalue weighted by molar-refractivity contribution is -0.124. The number of ether oxygens (including phenoxy) is 4. The SMILES string of the molecule is CN1CCc2cc3c(cc2[C@]12Cc1ccc4c(c1[C@@H]2C1=C(N)C(=O)NC1=O)OCO4)OCO3. The molecular formula is C24H21N3O6. The molecule has 9 nitrogen and oxygen atoms in total. The van der Waals surface area contributed by atoms with E-state index in [1.165, 1.54) is 0 Å². The van der Waals surface area contributed by atoms with Crippen molar-refractivity contribution in [1.29, 1.82) is 0 Å². The lowest BCUT2D eigenvalue weighted by Crippen LogP contribution is -2.52. The third-order valence-corrected chi connectivity index (χ3v) is 7.65. The first-order valence-corrected chi connectivity index (χ1v) is 10.9. The molecule has 0 saturated heterocycles. The molecule has 0 radical (unpaired) electrons. The van der Waals surface area contributed by atoms with Crippen LogP contribution in [0.15, 0.2) is 35.5 Å². The predicted octanol–water partition coefficient (Wildman–Crippen LogP) is 1.04. The van der Waals surface area contributed by atoms with Gasteiger partial charge in [0, 0.05) is 18.0 Å². The molecule has 3 N–H and O–H groups in total. The topological polar surface area (TPSA) is 112 Å². The minimum atomic E-state index is -0.667. The Morgan fingerprint density at radius 1 is 1.00 bits per heavy atom. The standard InChI is InChI=1S/C24H21N3O6/c1-27-5-4-11-6-15-16(32-9-31-15)7-13(11)24(27)8-12-2-3-14-21(33-10-30-14)17(12)19(24)18-20(25)23(29)26-22(18)28/h2-3,6-7,19H,4-5,8-10H2,1H3,(H3,25,26,28,29)/t19-,24+/m1/s1. The van der Waals surface area contributed by atoms with Crippen LogP contribution in [0.25, 0.3) is 0 Å². The molecule has 7 rings (SSSR count). The number of nitrogens with one attached hydrogen (secondary N) is 1. The van der Waals surface area contributed by atoms with E-state index in [1.54, 1.807) is 0 Å². The van der Waals surface area contributed by atoms with Crippen molar-refractivity contribution in [3.8, 4) is 23.0 Å². The minimum absolute atomic E-state index is 0.0463. The van der Waals surface area contributed by atoms with Crippen molar-refractivity contribution in [2.45, 2.75) is 24.3 Å². The first-order valence-electron chi connectivity index (χ1n) is 10.9. The monoisotopic (exact) mass is 447 g/mol. The predicted molar refractivity (Wildman–Crippen MR) is 114 cm³/mol. The Morgan fingerprint density at radius 3 is 2.55 bits per heavy atom. The number of nitrogens with two attached hydrogens (primary N) is 1. The summed E-state index contributed by atoms with van der Waals surface area (Å²) in [5.41, 5.74) is 9.88. The maximum Gasteiger partial charge on any atom is 0.274 e. The van der Waals surface area contributed by atoms with Gasteiger partial charge in [0.15, 0.2) is 23.0 Å². The van der Waals surface area contributed by atoms with Gasteiger partial charge in [0.1, 0.15) is 5.70 Å². The van der Waals surface area contributed by atoms with Crippen molar-refractivity contribution in [2.24, 2.45) is 5.73 Å². The molecule has 33 heavy (non-hydrogen) atoms. The number of nitrogens with zero attached hydrogens (tertiary/aromatic N) is 1. The fraction of sp³-hybridized carbons (Fsp3) is 0.333. The number of hydrogen-bond acceptors (Lipinski definition) is 8. The lowest BCUT2D eigenvalue weighted by Gasteiger charge is -2.48. The quantitative estimate of drug-likeness (QED) is 0.624. The molecule has 5 aliphatic rings. The van der Waals surface area contributed by atoms with Crippen LogP contribution in [-0.2, 0) is 28.0 Å². The zero-order valence-electron chi connectivity index (χ0n) is 17.9. The molecule has 2 atom stereocenters. The van der Waals surface area contributed by atoms with Gasteiger partial charge >= 0.3 is 0 Å². The van der Waals surface area contributed by atoms with Crippen LogP contribution >= 0.6 is 0 Å². The summed E-state index contributed by atoms with van der Waals surface area (Å²) < 4.78 is 22.9. The van der Waals surface area contributed by atoms with Crippen molar-refractivity contribution < 1.29 is 28.5 Å². The highest BCUT2D eigenvalue weighted by Gasteiger charge is 2.58. The van der Waals surface area contributed by atoms with Crippen LogP contribution in [0, 0.1) is 0 Å². The third-order valence-electron chi connectivity index (χ3n) is 7.65. The molecule has 2 aromatic rings. The number of hydrogen-bond donors (Lipinski definition) is 2. The highest BCUT2D eigenvalue weighted by atomic mass is 16.7. The summed E-state index contributed by atoms with van der Waals surface area (Å²) in [4.78, 5) is 27.8. The van der Waals surface area contributed by atoms with E-state index in [0.717, 1.165) is 41.0 Å². The smallest absolute Gasteiger partial charge is 0.274 e. The third kappa shape index (κ3) is 2.24. The van der Waals surface area contributed by atoms with E-state index in [1.807, 2.05) is 24.3 Å². The van der Waals surface area contributed by atoms with Gasteiger partial charge < -0.3 is 24.7 Å². The molecular weight excluding hydrogens is 426 g/mol. The van der Waals surface area contributed by atoms with Crippen molar-refractivity contribution in [2.75, 3.05) is 27.2 Å². The molecule has 2 aromatic carbocycles. The van der Waals surface area contributed by atoms with E-state index < -0.39 is 23.3 Å². The molecule has 4 aliphatic heterocycles. The number of fused-ring (bicyclic) bond motifs is 6. The van der Waals surface area contributed by atoms with E-state index >= 15 is 0 Å². The van der Waals surface area contributed by atoms with Crippen LogP contribution in [0.5, 0.6) is 23.0 Å². The average Bonchev–Trinajstić information content (AvgIpc) is 3.56. The first-order chi connectivity index (χ1) is 16.0. The number of benzene rings is 2. The Balaban J connectivity index is 1.55. The molecule has 1 aliphatic carbocycles. The fourth-order valence-electron chi connectivity index (χ4n) is 6.18. The van der Waals surface area contributed by atoms with Gasteiger partial charge in [-0.3, -0.25) is 19.8 Å². The average molecular weight is 447 g/mol. The summed E-state index contributed by atoms with van der Waals surface area (Å²) in [5.74, 6) is 1.09. The van der Waals surface area contributed by atoms with Crippen molar-refractivity contribution in [1.82, 2.24) is 10.2 Å². The largest absolute Gasteiger partial charge is 0.454 e. The zero-order valence-corrected chi connectivity index (χ0v) is 17.9. The maximum absolute atomic E-state index is 13.1. The van der Waals surface area contributed by atoms with Gasteiger partial charge in [-0.1, -0.05) is 6.07 Å². The number of carbonyl (C=O) groups is 2. The lowest BCUT2D eigenvalue weighted by atomic mass is 9.69. The summed E-state index contributed by atoms with van der Waals surface area (Å²) in [6.07, 6.45) is 1.44. The Morgan fingerprint density at radius 2 is 1.76 bits per heavy atom. The minimum Gasteiger partial charge on any atom is -0.454 e. The molecule has 9 heteroatoms. The summed E-state index contributed by atoms with van der Waals surface area (Å²) in [6.45, 7) is 1.05. The van der Waals surface area contributed by atoms with Gasteiger partial charge in [-0.2, -0.15) is 0 Å². The Kier molecular flexibility index (Phi) is 3.53. The molecule has 0 fully saturated rings. The zero-order chi connectivity index (χ0) is 22.5. The fourth-order valence-corrected chi connectivity index (χ4v) is 6.18. The maximum atomic E-state index is 13.1. The van der Waals surface area contributed by atoms with Crippen LogP contribution < -0.4 is 30.0 Å². The number of likely N-dealkylation sites (N-methyl/N-ethyl adjacent to an activating group) is 1. The first kappa shape index (κ1) is 18.8. The van der Waals surface area contributed by atoms with Crippen LogP contribution in [0.4, 0.5) is 0 Å². The normalized spacial score (nSPS) is 26.8. The highest BCUT2D eigenvalue weighted by molar-refractivity contribution is 6.20. The molecule has 0 bridgehead atoms. The molecule has 0 aromatic heterocycles. The molecule has 0 unspecified atom stereocenters. The summed E-state index contributed by atoms with van der Waals surface area (Å²) in [6, 6.07) is 7.98. The van der Waals surface area contributed by atoms with Crippen molar-refractivity contribution in [3.05, 3.63) is 57.8 Å². The van der Waals surface area contributed by atoms with E-state index in [2.05, 4.69) is 17.3 Å². The van der Waals surface area contributed by atoms with Crippen LogP contribution in [0.1, 0.15) is 28.2 Å². The second kappa shape index (κ2) is 6.20. The molecule has 1 spiro atoms. The molecule has 2 amide bonds. The van der Waals surface area contributed by atoms with Gasteiger partial charge in [0.05, 0.1) is 11.1 Å². The summed E-state index contributed by atoms with van der Waals surface area (Å²) in [7, 11) is 2.05. The Labute approximate surface area is 189 Å². The second-order valence-corrected chi connectivity index (χ2v) is 9.05. The Hall–Kier alpha value is -3.72. The van der Waals surface area contributed by atoms with Crippen molar-refractivity contribution in [3.63, 3.8) is 0 Å². The molecule has 168 valence electrons. The van der Waals surface area contributed by atoms with Gasteiger partial charge in [-0.15, -0.1) is 0 Å². The van der Waals surface area contributed by atoms with Gasteiger partial charge in [-0.05, 0) is 54.8 Å². The molecule has 0 saturated carbocycles. The molecule has 4 heterocycles. The van der Waals surface area contributed by atoms with Crippen LogP contribution in [-0.4, -0.2) is 43.9 Å². The Bertz CT molecular complexity index is 1320. The highest BCUT2D eigenvalue weighted by Crippen LogP contribution is 2.61. The number of amides is 2. The van der Waals surface area contributed by atoms with Gasteiger partial charge in [0.2, 0.25) is 13.6 Å². The number of rotatable bonds is 1. The number of carbonyl (C=O) groups excluding carboxylic acids is 2. The van der Waals surface area contributed by atoms with Crippen molar-refractivity contribution >= 4 is 11.8 Å². The van der Waals surface area contributed by atoms with Gasteiger partial charge in [-0.25, -0.2) is 0 Å². The van der Waals surface area contributed by atoms with E-state index in [9.17, 15) is 9.59 Å². The van der Waals surface area contributed by atoms with Crippen LogP contribution in [0.3, 0.4) is 0 Å². The van der Waals surface area contributed by atoms with Crippen LogP contribution in [0.2, 0.25) is 0 Å². The number of imide groups is 1. The second-order valence-electron chi connectivity index (χ2n) is 9.05. The van der Waals surface area contributed by atoms with E-state index in [4.69, 9.17) is 24.7 Å². The van der Waals surface area contributed by atoms with E-state index in [0.29, 0.717) is 23.7 Å².